The Labute approximate surface area is 120 Å². The summed E-state index contributed by atoms with van der Waals surface area (Å²) in [6.45, 7) is 2.63. The largest absolute Gasteiger partial charge is 0.384 e. The van der Waals surface area contributed by atoms with Gasteiger partial charge < -0.3 is 9.84 Å². The number of benzene rings is 1. The van der Waals surface area contributed by atoms with Gasteiger partial charge in [0.25, 0.3) is 0 Å². The van der Waals surface area contributed by atoms with E-state index in [0.717, 1.165) is 0 Å². The van der Waals surface area contributed by atoms with Gasteiger partial charge in [-0.3, -0.25) is 0 Å². The second kappa shape index (κ2) is 8.02. The third-order valence-corrected chi connectivity index (χ3v) is 4.69. The van der Waals surface area contributed by atoms with Crippen molar-refractivity contribution >= 4 is 10.0 Å². The number of hydrogen-bond donors (Lipinski definition) is 1. The average molecular weight is 297 g/mol. The molecule has 1 aromatic rings. The first-order valence-electron chi connectivity index (χ1n) is 6.25. The third-order valence-electron chi connectivity index (χ3n) is 2.70. The van der Waals surface area contributed by atoms with E-state index in [2.05, 4.69) is 11.8 Å². The molecule has 0 aliphatic heterocycles. The van der Waals surface area contributed by atoms with Crippen LogP contribution in [0.15, 0.2) is 29.2 Å². The van der Waals surface area contributed by atoms with Crippen LogP contribution in [0.5, 0.6) is 0 Å². The van der Waals surface area contributed by atoms with Gasteiger partial charge in [0.1, 0.15) is 6.61 Å². The molecule has 0 aliphatic carbocycles. The Morgan fingerprint density at radius 3 is 2.45 bits per heavy atom. The van der Waals surface area contributed by atoms with E-state index in [1.54, 1.807) is 19.1 Å². The van der Waals surface area contributed by atoms with E-state index in [1.807, 2.05) is 0 Å². The molecule has 20 heavy (non-hydrogen) atoms. The highest BCUT2D eigenvalue weighted by Gasteiger charge is 2.22. The fraction of sp³-hybridized carbons (Fsp3) is 0.429. The number of nitrogens with zero attached hydrogens (tertiary/aromatic N) is 1. The molecule has 0 saturated carbocycles. The number of hydrogen-bond acceptors (Lipinski definition) is 4. The summed E-state index contributed by atoms with van der Waals surface area (Å²) in [5, 5.41) is 8.61. The van der Waals surface area contributed by atoms with Crippen LogP contribution in [0.2, 0.25) is 0 Å². The van der Waals surface area contributed by atoms with Gasteiger partial charge in [-0.2, -0.15) is 4.31 Å². The van der Waals surface area contributed by atoms with E-state index in [0.29, 0.717) is 25.3 Å². The van der Waals surface area contributed by atoms with E-state index >= 15 is 0 Å². The molecule has 5 nitrogen and oxygen atoms in total. The Morgan fingerprint density at radius 2 is 1.95 bits per heavy atom. The Kier molecular flexibility index (Phi) is 6.68. The molecule has 0 aliphatic rings. The lowest BCUT2D eigenvalue weighted by Crippen LogP contribution is -2.33. The highest BCUT2D eigenvalue weighted by atomic mass is 32.2. The summed E-state index contributed by atoms with van der Waals surface area (Å²) in [6, 6.07) is 6.29. The Hall–Kier alpha value is -1.39. The van der Waals surface area contributed by atoms with Crippen LogP contribution < -0.4 is 0 Å². The summed E-state index contributed by atoms with van der Waals surface area (Å²) in [5.41, 5.74) is 0.665. The van der Waals surface area contributed by atoms with E-state index in [9.17, 15) is 8.42 Å². The molecule has 1 aromatic carbocycles. The first kappa shape index (κ1) is 16.7. The zero-order valence-electron chi connectivity index (χ0n) is 11.7. The van der Waals surface area contributed by atoms with Crippen molar-refractivity contribution in [2.75, 3.05) is 33.4 Å². The molecule has 0 fully saturated rings. The molecule has 0 spiro atoms. The number of aliphatic hydroxyl groups excluding tert-OH is 1. The quantitative estimate of drug-likeness (QED) is 0.785. The van der Waals surface area contributed by atoms with Crippen LogP contribution in [-0.4, -0.2) is 51.2 Å². The molecule has 0 saturated heterocycles. The smallest absolute Gasteiger partial charge is 0.243 e. The maximum absolute atomic E-state index is 12.4. The number of methoxy groups -OCH3 is 1. The molecule has 1 N–H and O–H groups in total. The lowest BCUT2D eigenvalue weighted by atomic mass is 10.2. The van der Waals surface area contributed by atoms with Crippen LogP contribution in [0, 0.1) is 11.8 Å². The van der Waals surface area contributed by atoms with Gasteiger partial charge in [-0.25, -0.2) is 8.42 Å². The van der Waals surface area contributed by atoms with Crippen LogP contribution in [-0.2, 0) is 14.8 Å². The van der Waals surface area contributed by atoms with Gasteiger partial charge in [0.15, 0.2) is 0 Å². The van der Waals surface area contributed by atoms with Crippen molar-refractivity contribution < 1.29 is 18.3 Å². The molecular formula is C14H19NO4S. The number of aliphatic hydroxyl groups is 1. The first-order chi connectivity index (χ1) is 9.56. The SMILES string of the molecule is CCN(CCOC)S(=O)(=O)c1ccc(C#CCO)cc1. The maximum atomic E-state index is 12.4. The van der Waals surface area contributed by atoms with Gasteiger partial charge in [-0.05, 0) is 24.3 Å². The van der Waals surface area contributed by atoms with Gasteiger partial charge in [0.05, 0.1) is 11.5 Å². The van der Waals surface area contributed by atoms with Crippen LogP contribution >= 0.6 is 0 Å². The lowest BCUT2D eigenvalue weighted by molar-refractivity contribution is 0.180. The van der Waals surface area contributed by atoms with Crippen molar-refractivity contribution in [2.45, 2.75) is 11.8 Å². The zero-order valence-corrected chi connectivity index (χ0v) is 12.5. The normalized spacial score (nSPS) is 11.2. The summed E-state index contributed by atoms with van der Waals surface area (Å²) in [5.74, 6) is 5.24. The first-order valence-corrected chi connectivity index (χ1v) is 7.69. The summed E-state index contributed by atoms with van der Waals surface area (Å²) in [7, 11) is -1.97. The molecule has 1 rings (SSSR count). The summed E-state index contributed by atoms with van der Waals surface area (Å²) >= 11 is 0. The van der Waals surface area contributed by atoms with E-state index in [-0.39, 0.29) is 11.5 Å². The van der Waals surface area contributed by atoms with Gasteiger partial charge >= 0.3 is 0 Å². The van der Waals surface area contributed by atoms with Crippen molar-refractivity contribution in [3.63, 3.8) is 0 Å². The van der Waals surface area contributed by atoms with Gasteiger partial charge in [-0.1, -0.05) is 18.8 Å². The molecule has 0 aromatic heterocycles. The van der Waals surface area contributed by atoms with Gasteiger partial charge in [0.2, 0.25) is 10.0 Å². The van der Waals surface area contributed by atoms with Gasteiger partial charge in [-0.15, -0.1) is 0 Å². The monoisotopic (exact) mass is 297 g/mol. The molecule has 0 unspecified atom stereocenters. The van der Waals surface area contributed by atoms with Crippen molar-refractivity contribution in [1.82, 2.24) is 4.31 Å². The zero-order chi connectivity index (χ0) is 15.0. The molecule has 0 bridgehead atoms. The molecule has 0 atom stereocenters. The van der Waals surface area contributed by atoms with Crippen LogP contribution in [0.4, 0.5) is 0 Å². The predicted molar refractivity (Wildman–Crippen MR) is 76.7 cm³/mol. The average Bonchev–Trinajstić information content (AvgIpc) is 2.46. The van der Waals surface area contributed by atoms with Crippen molar-refractivity contribution in [1.29, 1.82) is 0 Å². The molecular weight excluding hydrogens is 278 g/mol. The third kappa shape index (κ3) is 4.32. The minimum atomic E-state index is -3.50. The Balaban J connectivity index is 2.96. The fourth-order valence-corrected chi connectivity index (χ4v) is 3.08. The van der Waals surface area contributed by atoms with Crippen LogP contribution in [0.1, 0.15) is 12.5 Å². The number of sulfonamides is 1. The molecule has 6 heteroatoms. The van der Waals surface area contributed by atoms with Crippen molar-refractivity contribution in [3.8, 4) is 11.8 Å². The highest BCUT2D eigenvalue weighted by molar-refractivity contribution is 7.89. The Bertz CT molecular complexity index is 569. The van der Waals surface area contributed by atoms with Crippen LogP contribution in [0.25, 0.3) is 0 Å². The van der Waals surface area contributed by atoms with Crippen molar-refractivity contribution in [2.24, 2.45) is 0 Å². The standard InChI is InChI=1S/C14H19NO4S/c1-3-15(10-12-19-2)20(17,18)14-8-6-13(7-9-14)5-4-11-16/h6-9,16H,3,10-12H2,1-2H3. The molecule has 110 valence electrons. The molecule has 0 amide bonds. The van der Waals surface area contributed by atoms with Crippen LogP contribution in [0.3, 0.4) is 0 Å². The van der Waals surface area contributed by atoms with E-state index in [4.69, 9.17) is 9.84 Å². The van der Waals surface area contributed by atoms with Crippen molar-refractivity contribution in [3.05, 3.63) is 29.8 Å². The topological polar surface area (TPSA) is 66.8 Å². The maximum Gasteiger partial charge on any atom is 0.243 e. The summed E-state index contributed by atoms with van der Waals surface area (Å²) in [4.78, 5) is 0.227. The number of ether oxygens (including phenoxy) is 1. The van der Waals surface area contributed by atoms with E-state index < -0.39 is 10.0 Å². The fourth-order valence-electron chi connectivity index (χ4n) is 1.64. The van der Waals surface area contributed by atoms with E-state index in [1.165, 1.54) is 23.5 Å². The summed E-state index contributed by atoms with van der Waals surface area (Å²) in [6.07, 6.45) is 0. The second-order valence-corrected chi connectivity index (χ2v) is 5.91. The summed E-state index contributed by atoms with van der Waals surface area (Å²) < 4.78 is 31.1. The minimum absolute atomic E-state index is 0.222. The Morgan fingerprint density at radius 1 is 1.30 bits per heavy atom. The molecule has 0 radical (unpaired) electrons. The predicted octanol–water partition coefficient (Wildman–Crippen LogP) is 0.687. The molecule has 0 heterocycles. The lowest BCUT2D eigenvalue weighted by Gasteiger charge is -2.20. The van der Waals surface area contributed by atoms with Gasteiger partial charge in [0, 0.05) is 25.8 Å². The highest BCUT2D eigenvalue weighted by Crippen LogP contribution is 2.16. The minimum Gasteiger partial charge on any atom is -0.384 e. The number of rotatable bonds is 6. The number of likely N-dealkylation sites (N-methyl/N-ethyl adjacent to an activating group) is 1. The second-order valence-electron chi connectivity index (χ2n) is 3.97.